The molecule has 0 spiro atoms. The average molecular weight is 464 g/mol. The molecule has 1 saturated heterocycles. The third-order valence-corrected chi connectivity index (χ3v) is 7.95. The van der Waals surface area contributed by atoms with Crippen molar-refractivity contribution in [2.45, 2.75) is 24.3 Å². The molecule has 1 fully saturated rings. The van der Waals surface area contributed by atoms with E-state index in [4.69, 9.17) is 0 Å². The van der Waals surface area contributed by atoms with Gasteiger partial charge >= 0.3 is 0 Å². The Hall–Kier alpha value is -2.69. The highest BCUT2D eigenvalue weighted by atomic mass is 32.2. The van der Waals surface area contributed by atoms with Crippen molar-refractivity contribution in [3.63, 3.8) is 0 Å². The van der Waals surface area contributed by atoms with E-state index in [1.807, 2.05) is 0 Å². The van der Waals surface area contributed by atoms with Crippen LogP contribution in [0.15, 0.2) is 58.9 Å². The molecule has 4 rings (SSSR count). The summed E-state index contributed by atoms with van der Waals surface area (Å²) in [6, 6.07) is 7.53. The van der Waals surface area contributed by atoms with E-state index in [1.54, 1.807) is 0 Å². The van der Waals surface area contributed by atoms with Crippen molar-refractivity contribution >= 4 is 37.5 Å². The number of nitrogens with zero attached hydrogens (tertiary/aromatic N) is 3. The lowest BCUT2D eigenvalue weighted by atomic mass is 10.2. The highest BCUT2D eigenvalue weighted by molar-refractivity contribution is 7.89. The molecule has 0 N–H and O–H groups in total. The van der Waals surface area contributed by atoms with Gasteiger partial charge in [0.25, 0.3) is 5.91 Å². The summed E-state index contributed by atoms with van der Waals surface area (Å²) in [6.45, 7) is 4.80. The van der Waals surface area contributed by atoms with Crippen LogP contribution in [0, 0.1) is 11.6 Å². The quantitative estimate of drug-likeness (QED) is 0.542. The molecule has 10 heteroatoms. The van der Waals surface area contributed by atoms with Crippen LogP contribution in [0.5, 0.6) is 0 Å². The van der Waals surface area contributed by atoms with E-state index in [-0.39, 0.29) is 27.3 Å². The molecule has 2 aromatic carbocycles. The fourth-order valence-electron chi connectivity index (χ4n) is 3.51. The van der Waals surface area contributed by atoms with Gasteiger partial charge in [-0.1, -0.05) is 17.4 Å². The predicted octanol–water partition coefficient (Wildman–Crippen LogP) is 3.69. The van der Waals surface area contributed by atoms with E-state index < -0.39 is 27.6 Å². The molecule has 1 aromatic heterocycles. The Kier molecular flexibility index (Phi) is 5.87. The van der Waals surface area contributed by atoms with Crippen molar-refractivity contribution in [1.82, 2.24) is 8.87 Å². The van der Waals surface area contributed by atoms with Gasteiger partial charge < -0.3 is 4.57 Å². The van der Waals surface area contributed by atoms with Gasteiger partial charge in [-0.05, 0) is 43.2 Å². The normalized spacial score (nSPS) is 15.6. The lowest BCUT2D eigenvalue weighted by molar-refractivity contribution is 0.0997. The molecular weight excluding hydrogens is 444 g/mol. The SMILES string of the molecule is C=CCn1c(=NC(=O)c2ccc(S(=O)(=O)N3CCCC3)cc2)sc2cc(F)cc(F)c21. The third-order valence-electron chi connectivity index (χ3n) is 5.01. The van der Waals surface area contributed by atoms with E-state index in [9.17, 15) is 22.0 Å². The van der Waals surface area contributed by atoms with E-state index in [2.05, 4.69) is 11.6 Å². The van der Waals surface area contributed by atoms with Crippen LogP contribution in [0.1, 0.15) is 23.2 Å². The summed E-state index contributed by atoms with van der Waals surface area (Å²) in [4.78, 5) is 17.1. The summed E-state index contributed by atoms with van der Waals surface area (Å²) >= 11 is 0.985. The summed E-state index contributed by atoms with van der Waals surface area (Å²) < 4.78 is 56.3. The summed E-state index contributed by atoms with van der Waals surface area (Å²) in [6.07, 6.45) is 3.19. The zero-order chi connectivity index (χ0) is 22.2. The molecule has 162 valence electrons. The highest BCUT2D eigenvalue weighted by Gasteiger charge is 2.27. The van der Waals surface area contributed by atoms with Crippen molar-refractivity contribution in [3.05, 3.63) is 71.1 Å². The Bertz CT molecular complexity index is 1340. The van der Waals surface area contributed by atoms with Gasteiger partial charge in [0.2, 0.25) is 10.0 Å². The summed E-state index contributed by atoms with van der Waals surface area (Å²) in [5, 5.41) is 0. The molecule has 0 saturated carbocycles. The molecule has 2 heterocycles. The number of carbonyl (C=O) groups is 1. The summed E-state index contributed by atoms with van der Waals surface area (Å²) in [7, 11) is -3.58. The van der Waals surface area contributed by atoms with Gasteiger partial charge in [0.15, 0.2) is 10.6 Å². The number of rotatable bonds is 5. The minimum atomic E-state index is -3.58. The second kappa shape index (κ2) is 8.45. The number of allylic oxidation sites excluding steroid dienone is 1. The van der Waals surface area contributed by atoms with Gasteiger partial charge in [0, 0.05) is 31.3 Å². The van der Waals surface area contributed by atoms with Gasteiger partial charge in [-0.2, -0.15) is 9.30 Å². The molecule has 0 bridgehead atoms. The van der Waals surface area contributed by atoms with E-state index >= 15 is 0 Å². The second-order valence-corrected chi connectivity index (χ2v) is 10.0. The average Bonchev–Trinajstić information content (AvgIpc) is 3.38. The van der Waals surface area contributed by atoms with Crippen LogP contribution in [0.4, 0.5) is 8.78 Å². The number of thiazole rings is 1. The van der Waals surface area contributed by atoms with Crippen LogP contribution in [-0.4, -0.2) is 36.3 Å². The van der Waals surface area contributed by atoms with Crippen molar-refractivity contribution in [2.75, 3.05) is 13.1 Å². The molecule has 0 atom stereocenters. The first-order valence-corrected chi connectivity index (χ1v) is 11.9. The number of benzene rings is 2. The molecular formula is C21H19F2N3O3S2. The number of sulfonamides is 1. The van der Waals surface area contributed by atoms with E-state index in [1.165, 1.54) is 45.3 Å². The van der Waals surface area contributed by atoms with Crippen LogP contribution in [0.25, 0.3) is 10.2 Å². The van der Waals surface area contributed by atoms with Gasteiger partial charge in [-0.25, -0.2) is 17.2 Å². The maximum Gasteiger partial charge on any atom is 0.279 e. The fraction of sp³-hybridized carbons (Fsp3) is 0.238. The minimum Gasteiger partial charge on any atom is -0.310 e. The Balaban J connectivity index is 1.70. The second-order valence-electron chi connectivity index (χ2n) is 7.07. The van der Waals surface area contributed by atoms with Crippen molar-refractivity contribution in [2.24, 2.45) is 4.99 Å². The van der Waals surface area contributed by atoms with Crippen molar-refractivity contribution in [3.8, 4) is 0 Å². The Morgan fingerprint density at radius 2 is 1.84 bits per heavy atom. The zero-order valence-corrected chi connectivity index (χ0v) is 18.1. The largest absolute Gasteiger partial charge is 0.310 e. The number of fused-ring (bicyclic) bond motifs is 1. The molecule has 31 heavy (non-hydrogen) atoms. The van der Waals surface area contributed by atoms with Gasteiger partial charge in [0.1, 0.15) is 5.82 Å². The lowest BCUT2D eigenvalue weighted by Gasteiger charge is -2.15. The first-order valence-electron chi connectivity index (χ1n) is 9.60. The first kappa shape index (κ1) is 21.5. The van der Waals surface area contributed by atoms with Gasteiger partial charge in [-0.3, -0.25) is 4.79 Å². The number of halogens is 2. The van der Waals surface area contributed by atoms with Crippen LogP contribution < -0.4 is 4.80 Å². The number of hydrogen-bond donors (Lipinski definition) is 0. The number of carbonyl (C=O) groups excluding carboxylic acids is 1. The Labute approximate surface area is 181 Å². The maximum atomic E-state index is 14.3. The Morgan fingerprint density at radius 1 is 1.16 bits per heavy atom. The molecule has 6 nitrogen and oxygen atoms in total. The van der Waals surface area contributed by atoms with Crippen molar-refractivity contribution in [1.29, 1.82) is 0 Å². The molecule has 0 unspecified atom stereocenters. The smallest absolute Gasteiger partial charge is 0.279 e. The predicted molar refractivity (Wildman–Crippen MR) is 114 cm³/mol. The maximum absolute atomic E-state index is 14.3. The number of hydrogen-bond acceptors (Lipinski definition) is 4. The van der Waals surface area contributed by atoms with Crippen molar-refractivity contribution < 1.29 is 22.0 Å². The molecule has 1 amide bonds. The standard InChI is InChI=1S/C21H19F2N3O3S2/c1-2-9-26-19-17(23)12-15(22)13-18(19)30-21(26)24-20(27)14-5-7-16(8-6-14)31(28,29)25-10-3-4-11-25/h2,5-8,12-13H,1,3-4,9-11H2. The van der Waals surface area contributed by atoms with Crippen LogP contribution in [0.3, 0.4) is 0 Å². The van der Waals surface area contributed by atoms with Crippen LogP contribution in [0.2, 0.25) is 0 Å². The molecule has 0 aliphatic carbocycles. The summed E-state index contributed by atoms with van der Waals surface area (Å²) in [5.74, 6) is -2.08. The monoisotopic (exact) mass is 463 g/mol. The van der Waals surface area contributed by atoms with E-state index in [0.717, 1.165) is 30.2 Å². The fourth-order valence-corrected chi connectivity index (χ4v) is 6.11. The first-order chi connectivity index (χ1) is 14.8. The topological polar surface area (TPSA) is 71.7 Å². The molecule has 1 aliphatic rings. The van der Waals surface area contributed by atoms with E-state index in [0.29, 0.717) is 17.8 Å². The summed E-state index contributed by atoms with van der Waals surface area (Å²) in [5.41, 5.74) is 0.333. The molecule has 0 radical (unpaired) electrons. The lowest BCUT2D eigenvalue weighted by Crippen LogP contribution is -2.27. The molecule has 1 aliphatic heterocycles. The Morgan fingerprint density at radius 3 is 2.48 bits per heavy atom. The van der Waals surface area contributed by atoms with Gasteiger partial charge in [0.05, 0.1) is 15.1 Å². The number of amides is 1. The molecule has 3 aromatic rings. The highest BCUT2D eigenvalue weighted by Crippen LogP contribution is 2.23. The number of aromatic nitrogens is 1. The van der Waals surface area contributed by atoms with Crippen LogP contribution in [-0.2, 0) is 16.6 Å². The third kappa shape index (κ3) is 4.10. The minimum absolute atomic E-state index is 0.118. The zero-order valence-electron chi connectivity index (χ0n) is 16.4. The van der Waals surface area contributed by atoms with Gasteiger partial charge in [-0.15, -0.1) is 6.58 Å². The van der Waals surface area contributed by atoms with Crippen LogP contribution >= 0.6 is 11.3 Å².